The molecule has 1 N–H and O–H groups in total. The molecule has 0 aromatic rings. The average molecular weight is 270 g/mol. The van der Waals surface area contributed by atoms with E-state index in [9.17, 15) is 4.79 Å². The van der Waals surface area contributed by atoms with Crippen LogP contribution >= 0.6 is 0 Å². The van der Waals surface area contributed by atoms with Crippen molar-refractivity contribution in [2.75, 3.05) is 27.2 Å². The topological polar surface area (TPSA) is 41.6 Å². The fourth-order valence-corrected chi connectivity index (χ4v) is 2.52. The van der Waals surface area contributed by atoms with E-state index in [1.807, 2.05) is 14.0 Å². The third kappa shape index (κ3) is 5.11. The van der Waals surface area contributed by atoms with Crippen LogP contribution in [0.2, 0.25) is 0 Å². The summed E-state index contributed by atoms with van der Waals surface area (Å²) in [6.45, 7) is 8.70. The standard InChI is InChI=1S/C15H30N2O2/c1-12(2)11-17(13-7-8-13)10-6-9-15(3,16-4)14(18)19-5/h12-13,16H,6-11H2,1-5H3. The van der Waals surface area contributed by atoms with Crippen molar-refractivity contribution in [3.8, 4) is 0 Å². The molecule has 0 aliphatic heterocycles. The minimum absolute atomic E-state index is 0.170. The number of carbonyl (C=O) groups is 1. The first-order valence-corrected chi connectivity index (χ1v) is 7.44. The lowest BCUT2D eigenvalue weighted by molar-refractivity contribution is -0.148. The number of carbonyl (C=O) groups excluding carboxylic acids is 1. The molecule has 0 heterocycles. The molecule has 1 unspecified atom stereocenters. The molecule has 19 heavy (non-hydrogen) atoms. The van der Waals surface area contributed by atoms with E-state index in [1.54, 1.807) is 0 Å². The third-order valence-electron chi connectivity index (χ3n) is 3.97. The number of rotatable bonds is 9. The molecule has 112 valence electrons. The van der Waals surface area contributed by atoms with Crippen LogP contribution in [0.3, 0.4) is 0 Å². The minimum atomic E-state index is -0.554. The fraction of sp³-hybridized carbons (Fsp3) is 0.933. The molecular formula is C15H30N2O2. The van der Waals surface area contributed by atoms with Gasteiger partial charge in [0.2, 0.25) is 0 Å². The number of hydrogen-bond acceptors (Lipinski definition) is 4. The summed E-state index contributed by atoms with van der Waals surface area (Å²) in [6, 6.07) is 0.793. The Bertz CT molecular complexity index is 290. The summed E-state index contributed by atoms with van der Waals surface area (Å²) < 4.78 is 4.87. The van der Waals surface area contributed by atoms with Crippen LogP contribution in [0.15, 0.2) is 0 Å². The van der Waals surface area contributed by atoms with Crippen LogP contribution in [-0.4, -0.2) is 49.7 Å². The van der Waals surface area contributed by atoms with Crippen LogP contribution in [0, 0.1) is 5.92 Å². The second-order valence-electron chi connectivity index (χ2n) is 6.30. The maximum atomic E-state index is 11.8. The first-order valence-electron chi connectivity index (χ1n) is 7.44. The molecule has 1 aliphatic rings. The van der Waals surface area contributed by atoms with Crippen molar-refractivity contribution in [2.24, 2.45) is 5.92 Å². The predicted molar refractivity (Wildman–Crippen MR) is 78.1 cm³/mol. The number of nitrogens with zero attached hydrogens (tertiary/aromatic N) is 1. The molecule has 0 spiro atoms. The van der Waals surface area contributed by atoms with Gasteiger partial charge in [-0.25, -0.2) is 0 Å². The van der Waals surface area contributed by atoms with Crippen LogP contribution < -0.4 is 5.32 Å². The molecular weight excluding hydrogens is 240 g/mol. The Kier molecular flexibility index (Phi) is 6.27. The van der Waals surface area contributed by atoms with Crippen LogP contribution in [0.5, 0.6) is 0 Å². The van der Waals surface area contributed by atoms with Crippen molar-refractivity contribution in [3.63, 3.8) is 0 Å². The number of likely N-dealkylation sites (N-methyl/N-ethyl adjacent to an activating group) is 1. The summed E-state index contributed by atoms with van der Waals surface area (Å²) in [6.07, 6.45) is 4.52. The van der Waals surface area contributed by atoms with Crippen molar-refractivity contribution < 1.29 is 9.53 Å². The summed E-state index contributed by atoms with van der Waals surface area (Å²) >= 11 is 0. The zero-order valence-corrected chi connectivity index (χ0v) is 13.2. The number of esters is 1. The van der Waals surface area contributed by atoms with Crippen molar-refractivity contribution in [1.29, 1.82) is 0 Å². The Morgan fingerprint density at radius 1 is 1.47 bits per heavy atom. The Hall–Kier alpha value is -0.610. The number of methoxy groups -OCH3 is 1. The van der Waals surface area contributed by atoms with Crippen molar-refractivity contribution >= 4 is 5.97 Å². The van der Waals surface area contributed by atoms with Gasteiger partial charge < -0.3 is 15.0 Å². The van der Waals surface area contributed by atoms with E-state index >= 15 is 0 Å². The highest BCUT2D eigenvalue weighted by atomic mass is 16.5. The normalized spacial score (nSPS) is 18.7. The van der Waals surface area contributed by atoms with E-state index in [0.29, 0.717) is 5.92 Å². The second kappa shape index (κ2) is 7.25. The number of hydrogen-bond donors (Lipinski definition) is 1. The maximum Gasteiger partial charge on any atom is 0.325 e. The zero-order chi connectivity index (χ0) is 14.5. The molecule has 1 aliphatic carbocycles. The van der Waals surface area contributed by atoms with Crippen molar-refractivity contribution in [3.05, 3.63) is 0 Å². The van der Waals surface area contributed by atoms with Gasteiger partial charge in [0.1, 0.15) is 5.54 Å². The van der Waals surface area contributed by atoms with E-state index in [4.69, 9.17) is 4.74 Å². The molecule has 0 saturated heterocycles. The van der Waals surface area contributed by atoms with Crippen LogP contribution in [0.1, 0.15) is 46.5 Å². The summed E-state index contributed by atoms with van der Waals surface area (Å²) in [5, 5.41) is 3.10. The second-order valence-corrected chi connectivity index (χ2v) is 6.30. The average Bonchev–Trinajstić information content (AvgIpc) is 3.20. The zero-order valence-electron chi connectivity index (χ0n) is 13.2. The lowest BCUT2D eigenvalue weighted by Gasteiger charge is -2.29. The van der Waals surface area contributed by atoms with Crippen LogP contribution in [-0.2, 0) is 9.53 Å². The fourth-order valence-electron chi connectivity index (χ4n) is 2.52. The van der Waals surface area contributed by atoms with E-state index in [0.717, 1.165) is 25.4 Å². The monoisotopic (exact) mass is 270 g/mol. The Morgan fingerprint density at radius 3 is 2.53 bits per heavy atom. The summed E-state index contributed by atoms with van der Waals surface area (Å²) in [7, 11) is 3.27. The summed E-state index contributed by atoms with van der Waals surface area (Å²) in [5.41, 5.74) is -0.554. The Labute approximate surface area is 117 Å². The molecule has 0 aromatic heterocycles. The molecule has 1 fully saturated rings. The number of nitrogens with one attached hydrogen (secondary N) is 1. The lowest BCUT2D eigenvalue weighted by atomic mass is 9.96. The smallest absolute Gasteiger partial charge is 0.325 e. The summed E-state index contributed by atoms with van der Waals surface area (Å²) in [5.74, 6) is 0.536. The van der Waals surface area contributed by atoms with Crippen molar-refractivity contribution in [1.82, 2.24) is 10.2 Å². The highest BCUT2D eigenvalue weighted by molar-refractivity contribution is 5.80. The molecule has 0 radical (unpaired) electrons. The van der Waals surface area contributed by atoms with Gasteiger partial charge in [-0.15, -0.1) is 0 Å². The Balaban J connectivity index is 2.39. The van der Waals surface area contributed by atoms with Crippen LogP contribution in [0.25, 0.3) is 0 Å². The molecule has 4 heteroatoms. The molecule has 4 nitrogen and oxygen atoms in total. The molecule has 1 saturated carbocycles. The lowest BCUT2D eigenvalue weighted by Crippen LogP contribution is -2.48. The molecule has 0 amide bonds. The van der Waals surface area contributed by atoms with Gasteiger partial charge in [0.25, 0.3) is 0 Å². The predicted octanol–water partition coefficient (Wildman–Crippen LogP) is 2.04. The van der Waals surface area contributed by atoms with Crippen LogP contribution in [0.4, 0.5) is 0 Å². The first-order chi connectivity index (χ1) is 8.92. The van der Waals surface area contributed by atoms with E-state index in [-0.39, 0.29) is 5.97 Å². The third-order valence-corrected chi connectivity index (χ3v) is 3.97. The van der Waals surface area contributed by atoms with Gasteiger partial charge in [-0.05, 0) is 52.1 Å². The molecule has 0 aromatic carbocycles. The van der Waals surface area contributed by atoms with Gasteiger partial charge in [0, 0.05) is 12.6 Å². The van der Waals surface area contributed by atoms with E-state index in [1.165, 1.54) is 26.5 Å². The minimum Gasteiger partial charge on any atom is -0.468 e. The number of ether oxygens (including phenoxy) is 1. The van der Waals surface area contributed by atoms with E-state index < -0.39 is 5.54 Å². The van der Waals surface area contributed by atoms with Gasteiger partial charge in [0.05, 0.1) is 7.11 Å². The largest absolute Gasteiger partial charge is 0.468 e. The quantitative estimate of drug-likeness (QED) is 0.651. The van der Waals surface area contributed by atoms with Gasteiger partial charge in [0.15, 0.2) is 0 Å². The highest BCUT2D eigenvalue weighted by Gasteiger charge is 2.33. The molecule has 1 atom stereocenters. The van der Waals surface area contributed by atoms with E-state index in [2.05, 4.69) is 24.1 Å². The van der Waals surface area contributed by atoms with Gasteiger partial charge in [-0.3, -0.25) is 4.79 Å². The van der Waals surface area contributed by atoms with Crippen molar-refractivity contribution in [2.45, 2.75) is 58.0 Å². The highest BCUT2D eigenvalue weighted by Crippen LogP contribution is 2.28. The maximum absolute atomic E-state index is 11.8. The first kappa shape index (κ1) is 16.4. The summed E-state index contributed by atoms with van der Waals surface area (Å²) in [4.78, 5) is 14.3. The van der Waals surface area contributed by atoms with Gasteiger partial charge in [-0.2, -0.15) is 0 Å². The molecule has 1 rings (SSSR count). The van der Waals surface area contributed by atoms with Gasteiger partial charge in [-0.1, -0.05) is 13.8 Å². The Morgan fingerprint density at radius 2 is 2.11 bits per heavy atom. The molecule has 0 bridgehead atoms. The SMILES string of the molecule is CNC(C)(CCCN(CC(C)C)C1CC1)C(=O)OC. The van der Waals surface area contributed by atoms with Gasteiger partial charge >= 0.3 is 5.97 Å².